The average molecular weight is 211 g/mol. The fourth-order valence-corrected chi connectivity index (χ4v) is 2.16. The van der Waals surface area contributed by atoms with Gasteiger partial charge < -0.3 is 10.1 Å². The lowest BCUT2D eigenvalue weighted by molar-refractivity contribution is -0.134. The molecule has 1 saturated carbocycles. The summed E-state index contributed by atoms with van der Waals surface area (Å²) in [5, 5.41) is 3.26. The summed E-state index contributed by atoms with van der Waals surface area (Å²) in [5.74, 6) is -0.308. The number of carbonyl (C=O) groups is 1. The van der Waals surface area contributed by atoms with Crippen molar-refractivity contribution in [1.82, 2.24) is 5.32 Å². The third-order valence-electron chi connectivity index (χ3n) is 2.96. The van der Waals surface area contributed by atoms with E-state index >= 15 is 0 Å². The van der Waals surface area contributed by atoms with E-state index in [9.17, 15) is 4.79 Å². The summed E-state index contributed by atoms with van der Waals surface area (Å²) in [5.41, 5.74) is 0.426. The molecule has 3 heteroatoms. The highest BCUT2D eigenvalue weighted by atomic mass is 16.5. The van der Waals surface area contributed by atoms with Crippen LogP contribution in [0.25, 0.3) is 0 Å². The molecule has 3 nitrogen and oxygen atoms in total. The van der Waals surface area contributed by atoms with Crippen LogP contribution in [0.4, 0.5) is 0 Å². The predicted octanol–water partition coefficient (Wildman–Crippen LogP) is 2.23. The van der Waals surface area contributed by atoms with E-state index in [0.29, 0.717) is 11.5 Å². The highest BCUT2D eigenvalue weighted by molar-refractivity contribution is 5.81. The quantitative estimate of drug-likeness (QED) is 0.574. The van der Waals surface area contributed by atoms with E-state index in [2.05, 4.69) is 23.9 Å². The van der Waals surface area contributed by atoms with Crippen LogP contribution in [0.1, 0.15) is 39.5 Å². The molecule has 1 atom stereocenters. The summed E-state index contributed by atoms with van der Waals surface area (Å²) in [6.45, 7) is 4.59. The Hall–Kier alpha value is -0.990. The number of esters is 1. The van der Waals surface area contributed by atoms with Crippen molar-refractivity contribution in [2.75, 3.05) is 7.11 Å². The molecule has 1 rings (SSSR count). The molecule has 0 spiro atoms. The zero-order valence-electron chi connectivity index (χ0n) is 9.88. The van der Waals surface area contributed by atoms with Gasteiger partial charge in [0.15, 0.2) is 0 Å². The molecule has 1 unspecified atom stereocenters. The molecule has 0 radical (unpaired) electrons. The first kappa shape index (κ1) is 12.1. The number of rotatable bonds is 3. The molecule has 0 saturated heterocycles. The van der Waals surface area contributed by atoms with Crippen molar-refractivity contribution in [3.63, 3.8) is 0 Å². The van der Waals surface area contributed by atoms with Crippen molar-refractivity contribution in [1.29, 1.82) is 0 Å². The predicted molar refractivity (Wildman–Crippen MR) is 60.3 cm³/mol. The first-order valence-corrected chi connectivity index (χ1v) is 5.54. The minimum atomic E-state index is -0.308. The fraction of sp³-hybridized carbons (Fsp3) is 0.750. The van der Waals surface area contributed by atoms with Crippen LogP contribution >= 0.6 is 0 Å². The highest BCUT2D eigenvalue weighted by Gasteiger charge is 2.26. The van der Waals surface area contributed by atoms with E-state index < -0.39 is 0 Å². The van der Waals surface area contributed by atoms with Gasteiger partial charge in [-0.1, -0.05) is 20.3 Å². The van der Waals surface area contributed by atoms with Crippen LogP contribution in [-0.4, -0.2) is 19.1 Å². The molecule has 1 aliphatic rings. The second-order valence-corrected chi connectivity index (χ2v) is 4.98. The highest BCUT2D eigenvalue weighted by Crippen LogP contribution is 2.34. The summed E-state index contributed by atoms with van der Waals surface area (Å²) in [7, 11) is 1.39. The molecule has 0 aromatic heterocycles. The first-order chi connectivity index (χ1) is 7.03. The van der Waals surface area contributed by atoms with Gasteiger partial charge in [-0.25, -0.2) is 4.79 Å². The second kappa shape index (κ2) is 5.19. The number of hydrogen-bond acceptors (Lipinski definition) is 3. The molecule has 0 heterocycles. The van der Waals surface area contributed by atoms with Crippen molar-refractivity contribution >= 4 is 5.97 Å². The van der Waals surface area contributed by atoms with Gasteiger partial charge in [0.05, 0.1) is 7.11 Å². The van der Waals surface area contributed by atoms with E-state index in [1.165, 1.54) is 38.9 Å². The van der Waals surface area contributed by atoms with E-state index in [4.69, 9.17) is 0 Å². The third-order valence-corrected chi connectivity index (χ3v) is 2.96. The Morgan fingerprint density at radius 1 is 1.53 bits per heavy atom. The molecule has 86 valence electrons. The molecule has 1 fully saturated rings. The van der Waals surface area contributed by atoms with Gasteiger partial charge in [-0.3, -0.25) is 0 Å². The van der Waals surface area contributed by atoms with Gasteiger partial charge in [-0.2, -0.15) is 0 Å². The van der Waals surface area contributed by atoms with E-state index in [1.54, 1.807) is 6.20 Å². The van der Waals surface area contributed by atoms with Crippen LogP contribution in [0.5, 0.6) is 0 Å². The summed E-state index contributed by atoms with van der Waals surface area (Å²) in [4.78, 5) is 10.8. The Morgan fingerprint density at radius 3 is 2.87 bits per heavy atom. The Bertz CT molecular complexity index is 246. The van der Waals surface area contributed by atoms with Crippen LogP contribution in [0.3, 0.4) is 0 Å². The number of nitrogens with one attached hydrogen (secondary N) is 1. The molecule has 0 aromatic carbocycles. The van der Waals surface area contributed by atoms with Crippen molar-refractivity contribution in [2.45, 2.75) is 45.6 Å². The smallest absolute Gasteiger partial charge is 0.331 e. The lowest BCUT2D eigenvalue weighted by Crippen LogP contribution is -2.34. The molecule has 0 aromatic rings. The van der Waals surface area contributed by atoms with Gasteiger partial charge in [0, 0.05) is 18.3 Å². The van der Waals surface area contributed by atoms with Crippen LogP contribution in [-0.2, 0) is 9.53 Å². The lowest BCUT2D eigenvalue weighted by atomic mass is 9.75. The number of carbonyl (C=O) groups excluding carboxylic acids is 1. The monoisotopic (exact) mass is 211 g/mol. The van der Waals surface area contributed by atoms with Gasteiger partial charge in [-0.15, -0.1) is 0 Å². The minimum Gasteiger partial charge on any atom is -0.466 e. The largest absolute Gasteiger partial charge is 0.466 e. The minimum absolute atomic E-state index is 0.308. The van der Waals surface area contributed by atoms with E-state index in [0.717, 1.165) is 0 Å². The third kappa shape index (κ3) is 4.36. The van der Waals surface area contributed by atoms with E-state index in [1.807, 2.05) is 0 Å². The average Bonchev–Trinajstić information content (AvgIpc) is 2.16. The Balaban J connectivity index is 2.33. The standard InChI is InChI=1S/C12H21NO2/c1-12(2)7-4-5-10(9-12)13-8-6-11(14)15-3/h6,8,10,13H,4-5,7,9H2,1-3H3/b8-6+. The summed E-state index contributed by atoms with van der Waals surface area (Å²) in [6, 6.07) is 0.495. The maximum absolute atomic E-state index is 10.8. The molecular formula is C12H21NO2. The topological polar surface area (TPSA) is 38.3 Å². The molecule has 0 bridgehead atoms. The van der Waals surface area contributed by atoms with Crippen molar-refractivity contribution in [2.24, 2.45) is 5.41 Å². The van der Waals surface area contributed by atoms with E-state index in [-0.39, 0.29) is 5.97 Å². The zero-order valence-corrected chi connectivity index (χ0v) is 9.88. The van der Waals surface area contributed by atoms with Crippen molar-refractivity contribution < 1.29 is 9.53 Å². The van der Waals surface area contributed by atoms with Gasteiger partial charge >= 0.3 is 5.97 Å². The summed E-state index contributed by atoms with van der Waals surface area (Å²) in [6.07, 6.45) is 8.05. The fourth-order valence-electron chi connectivity index (χ4n) is 2.16. The van der Waals surface area contributed by atoms with Crippen LogP contribution < -0.4 is 5.32 Å². The lowest BCUT2D eigenvalue weighted by Gasteiger charge is -2.35. The number of hydrogen-bond donors (Lipinski definition) is 1. The maximum atomic E-state index is 10.8. The van der Waals surface area contributed by atoms with Crippen molar-refractivity contribution in [3.05, 3.63) is 12.3 Å². The Morgan fingerprint density at radius 2 is 2.27 bits per heavy atom. The molecule has 0 aliphatic heterocycles. The molecular weight excluding hydrogens is 190 g/mol. The zero-order chi connectivity index (χ0) is 11.3. The van der Waals surface area contributed by atoms with Gasteiger partial charge in [0.1, 0.15) is 0 Å². The normalized spacial score (nSPS) is 25.1. The number of methoxy groups -OCH3 is 1. The summed E-state index contributed by atoms with van der Waals surface area (Å²) < 4.78 is 4.51. The van der Waals surface area contributed by atoms with Crippen LogP contribution in [0.15, 0.2) is 12.3 Å². The second-order valence-electron chi connectivity index (χ2n) is 4.98. The SMILES string of the molecule is COC(=O)/C=C/NC1CCCC(C)(C)C1. The van der Waals surface area contributed by atoms with Crippen LogP contribution in [0.2, 0.25) is 0 Å². The molecule has 1 N–H and O–H groups in total. The Labute approximate surface area is 91.9 Å². The number of ether oxygens (including phenoxy) is 1. The van der Waals surface area contributed by atoms with Gasteiger partial charge in [-0.05, 0) is 24.7 Å². The van der Waals surface area contributed by atoms with Gasteiger partial charge in [0.2, 0.25) is 0 Å². The molecule has 1 aliphatic carbocycles. The Kier molecular flexibility index (Phi) is 4.18. The molecule has 0 amide bonds. The summed E-state index contributed by atoms with van der Waals surface area (Å²) >= 11 is 0. The van der Waals surface area contributed by atoms with Gasteiger partial charge in [0.25, 0.3) is 0 Å². The van der Waals surface area contributed by atoms with Crippen molar-refractivity contribution in [3.8, 4) is 0 Å². The molecule has 15 heavy (non-hydrogen) atoms. The maximum Gasteiger partial charge on any atom is 0.331 e. The van der Waals surface area contributed by atoms with Crippen LogP contribution in [0, 0.1) is 5.41 Å². The first-order valence-electron chi connectivity index (χ1n) is 5.54.